The lowest BCUT2D eigenvalue weighted by atomic mass is 9.87. The van der Waals surface area contributed by atoms with Crippen LogP contribution in [0.3, 0.4) is 0 Å². The predicted octanol–water partition coefficient (Wildman–Crippen LogP) is 1.81. The van der Waals surface area contributed by atoms with Gasteiger partial charge in [0.1, 0.15) is 0 Å². The van der Waals surface area contributed by atoms with E-state index in [4.69, 9.17) is 9.47 Å². The van der Waals surface area contributed by atoms with Crippen molar-refractivity contribution in [2.45, 2.75) is 45.6 Å². The highest BCUT2D eigenvalue weighted by atomic mass is 16.5. The molecule has 3 rings (SSSR count). The maximum Gasteiger partial charge on any atom is 0.193 e. The van der Waals surface area contributed by atoms with Crippen LogP contribution < -0.4 is 5.32 Å². The lowest BCUT2D eigenvalue weighted by Crippen LogP contribution is -2.53. The molecule has 1 N–H and O–H groups in total. The van der Waals surface area contributed by atoms with Crippen LogP contribution in [0, 0.1) is 11.3 Å². The van der Waals surface area contributed by atoms with Crippen LogP contribution in [0.1, 0.15) is 39.5 Å². The van der Waals surface area contributed by atoms with Gasteiger partial charge in [0.15, 0.2) is 5.96 Å². The fourth-order valence-corrected chi connectivity index (χ4v) is 4.95. The van der Waals surface area contributed by atoms with Crippen molar-refractivity contribution in [2.75, 3.05) is 66.2 Å². The van der Waals surface area contributed by atoms with E-state index in [9.17, 15) is 0 Å². The third-order valence-corrected chi connectivity index (χ3v) is 6.71. The minimum atomic E-state index is 0.372. The van der Waals surface area contributed by atoms with E-state index in [1.165, 1.54) is 25.7 Å². The van der Waals surface area contributed by atoms with Gasteiger partial charge in [-0.2, -0.15) is 0 Å². The van der Waals surface area contributed by atoms with E-state index in [0.717, 1.165) is 65.1 Å². The van der Waals surface area contributed by atoms with Crippen LogP contribution in [-0.4, -0.2) is 88.0 Å². The molecule has 1 spiro atoms. The molecule has 3 aliphatic rings. The monoisotopic (exact) mass is 366 g/mol. The van der Waals surface area contributed by atoms with Crippen molar-refractivity contribution in [1.82, 2.24) is 15.1 Å². The Kier molecular flexibility index (Phi) is 7.18. The Morgan fingerprint density at radius 3 is 2.46 bits per heavy atom. The number of likely N-dealkylation sites (tertiary alicyclic amines) is 1. The van der Waals surface area contributed by atoms with E-state index in [1.54, 1.807) is 0 Å². The summed E-state index contributed by atoms with van der Waals surface area (Å²) in [5, 5.41) is 3.72. The van der Waals surface area contributed by atoms with Crippen LogP contribution in [0.25, 0.3) is 0 Å². The summed E-state index contributed by atoms with van der Waals surface area (Å²) in [6.45, 7) is 13.5. The summed E-state index contributed by atoms with van der Waals surface area (Å²) in [6, 6.07) is 0.553. The number of nitrogens with zero attached hydrogens (tertiary/aromatic N) is 3. The van der Waals surface area contributed by atoms with Gasteiger partial charge in [-0.25, -0.2) is 0 Å². The topological polar surface area (TPSA) is 49.3 Å². The maximum atomic E-state index is 5.68. The fourth-order valence-electron chi connectivity index (χ4n) is 4.95. The van der Waals surface area contributed by atoms with Crippen molar-refractivity contribution in [2.24, 2.45) is 16.3 Å². The molecule has 3 saturated heterocycles. The zero-order chi connectivity index (χ0) is 18.4. The maximum absolute atomic E-state index is 5.68. The van der Waals surface area contributed by atoms with Crippen LogP contribution in [-0.2, 0) is 9.47 Å². The summed E-state index contributed by atoms with van der Waals surface area (Å²) in [5.41, 5.74) is 0.372. The minimum absolute atomic E-state index is 0.372. The third-order valence-electron chi connectivity index (χ3n) is 6.71. The molecule has 3 fully saturated rings. The highest BCUT2D eigenvalue weighted by molar-refractivity contribution is 5.80. The van der Waals surface area contributed by atoms with E-state index in [0.29, 0.717) is 17.4 Å². The Morgan fingerprint density at radius 2 is 1.85 bits per heavy atom. The summed E-state index contributed by atoms with van der Waals surface area (Å²) in [4.78, 5) is 9.67. The van der Waals surface area contributed by atoms with Crippen LogP contribution in [0.2, 0.25) is 0 Å². The summed E-state index contributed by atoms with van der Waals surface area (Å²) >= 11 is 0. The molecule has 0 amide bonds. The van der Waals surface area contributed by atoms with Gasteiger partial charge < -0.3 is 19.7 Å². The molecule has 0 radical (unpaired) electrons. The second kappa shape index (κ2) is 9.38. The summed E-state index contributed by atoms with van der Waals surface area (Å²) in [6.07, 6.45) is 4.88. The smallest absolute Gasteiger partial charge is 0.193 e. The molecule has 0 bridgehead atoms. The lowest BCUT2D eigenvalue weighted by molar-refractivity contribution is 0.00260. The predicted molar refractivity (Wildman–Crippen MR) is 106 cm³/mol. The normalized spacial score (nSPS) is 29.1. The Balaban J connectivity index is 1.59. The van der Waals surface area contributed by atoms with Crippen molar-refractivity contribution in [3.63, 3.8) is 0 Å². The van der Waals surface area contributed by atoms with Gasteiger partial charge >= 0.3 is 0 Å². The number of hydrogen-bond acceptors (Lipinski definition) is 4. The summed E-state index contributed by atoms with van der Waals surface area (Å²) in [5.74, 6) is 1.78. The van der Waals surface area contributed by atoms with Crippen LogP contribution >= 0.6 is 0 Å². The first-order valence-corrected chi connectivity index (χ1v) is 10.6. The largest absolute Gasteiger partial charge is 0.381 e. The van der Waals surface area contributed by atoms with Gasteiger partial charge in [0.05, 0.1) is 19.8 Å². The number of hydrogen-bond donors (Lipinski definition) is 1. The SMILES string of the molecule is CCC(CC)C(CNC(=NC)N1CCC2(CCOC2)C1)N1CCOCC1. The van der Waals surface area contributed by atoms with E-state index >= 15 is 0 Å². The molecule has 6 heteroatoms. The number of morpholine rings is 1. The molecule has 6 nitrogen and oxygen atoms in total. The van der Waals surface area contributed by atoms with Gasteiger partial charge in [-0.05, 0) is 18.8 Å². The van der Waals surface area contributed by atoms with Crippen LogP contribution in [0.4, 0.5) is 0 Å². The minimum Gasteiger partial charge on any atom is -0.381 e. The average Bonchev–Trinajstić information content (AvgIpc) is 3.32. The van der Waals surface area contributed by atoms with Gasteiger partial charge in [-0.1, -0.05) is 26.7 Å². The van der Waals surface area contributed by atoms with Gasteiger partial charge in [-0.15, -0.1) is 0 Å². The number of ether oxygens (including phenoxy) is 2. The second-order valence-electron chi connectivity index (χ2n) is 8.19. The van der Waals surface area contributed by atoms with Crippen molar-refractivity contribution in [3.05, 3.63) is 0 Å². The average molecular weight is 367 g/mol. The van der Waals surface area contributed by atoms with Crippen LogP contribution in [0.15, 0.2) is 4.99 Å². The third kappa shape index (κ3) is 4.52. The van der Waals surface area contributed by atoms with E-state index < -0.39 is 0 Å². The van der Waals surface area contributed by atoms with Crippen molar-refractivity contribution in [3.8, 4) is 0 Å². The summed E-state index contributed by atoms with van der Waals surface area (Å²) in [7, 11) is 1.92. The first-order chi connectivity index (χ1) is 12.7. The van der Waals surface area contributed by atoms with Crippen molar-refractivity contribution < 1.29 is 9.47 Å². The number of aliphatic imine (C=N–C) groups is 1. The molecule has 2 unspecified atom stereocenters. The molecule has 26 heavy (non-hydrogen) atoms. The van der Waals surface area contributed by atoms with Crippen LogP contribution in [0.5, 0.6) is 0 Å². The molecule has 3 aliphatic heterocycles. The molecule has 0 aliphatic carbocycles. The Hall–Kier alpha value is -0.850. The van der Waals surface area contributed by atoms with Gasteiger partial charge in [0.2, 0.25) is 0 Å². The van der Waals surface area contributed by atoms with Crippen molar-refractivity contribution in [1.29, 1.82) is 0 Å². The lowest BCUT2D eigenvalue weighted by Gasteiger charge is -2.39. The first-order valence-electron chi connectivity index (χ1n) is 10.6. The molecule has 0 aromatic heterocycles. The van der Waals surface area contributed by atoms with Gasteiger partial charge in [0.25, 0.3) is 0 Å². The highest BCUT2D eigenvalue weighted by Gasteiger charge is 2.42. The highest BCUT2D eigenvalue weighted by Crippen LogP contribution is 2.38. The fraction of sp³-hybridized carbons (Fsp3) is 0.950. The quantitative estimate of drug-likeness (QED) is 0.574. The number of nitrogens with one attached hydrogen (secondary N) is 1. The van der Waals surface area contributed by atoms with Gasteiger partial charge in [-0.3, -0.25) is 9.89 Å². The molecular weight excluding hydrogens is 328 g/mol. The number of rotatable bonds is 6. The first kappa shape index (κ1) is 19.9. The van der Waals surface area contributed by atoms with E-state index in [2.05, 4.69) is 34.0 Å². The molecule has 0 saturated carbocycles. The molecule has 0 aromatic rings. The zero-order valence-corrected chi connectivity index (χ0v) is 17.0. The van der Waals surface area contributed by atoms with E-state index in [-0.39, 0.29) is 0 Å². The molecule has 0 aromatic carbocycles. The molecule has 3 heterocycles. The Morgan fingerprint density at radius 1 is 1.08 bits per heavy atom. The zero-order valence-electron chi connectivity index (χ0n) is 17.0. The standard InChI is InChI=1S/C20H38N4O2/c1-4-17(5-2)18(23-9-12-25-13-10-23)14-22-19(21-3)24-8-6-20(15-24)7-11-26-16-20/h17-18H,4-16H2,1-3H3,(H,21,22). The molecule has 150 valence electrons. The van der Waals surface area contributed by atoms with E-state index in [1.807, 2.05) is 7.05 Å². The second-order valence-corrected chi connectivity index (χ2v) is 8.19. The Bertz CT molecular complexity index is 455. The Labute approximate surface area is 159 Å². The van der Waals surface area contributed by atoms with Crippen molar-refractivity contribution >= 4 is 5.96 Å². The molecule has 2 atom stereocenters. The number of guanidine groups is 1. The molecular formula is C20H38N4O2. The summed E-state index contributed by atoms with van der Waals surface area (Å²) < 4.78 is 11.2. The van der Waals surface area contributed by atoms with Gasteiger partial charge in [0, 0.05) is 57.8 Å².